The highest BCUT2D eigenvalue weighted by Crippen LogP contribution is 2.20. The van der Waals surface area contributed by atoms with Gasteiger partial charge in [-0.2, -0.15) is 0 Å². The maximum Gasteiger partial charge on any atom is 0.291 e. The number of hydrogen-bond donors (Lipinski definition) is 2. The summed E-state index contributed by atoms with van der Waals surface area (Å²) < 4.78 is 5.12. The van der Waals surface area contributed by atoms with Crippen molar-refractivity contribution in [3.63, 3.8) is 0 Å². The van der Waals surface area contributed by atoms with Gasteiger partial charge in [0, 0.05) is 17.8 Å². The van der Waals surface area contributed by atoms with Crippen LogP contribution < -0.4 is 10.6 Å². The highest BCUT2D eigenvalue weighted by atomic mass is 16.3. The van der Waals surface area contributed by atoms with Gasteiger partial charge in [0.1, 0.15) is 0 Å². The zero-order chi connectivity index (χ0) is 20.8. The van der Waals surface area contributed by atoms with Crippen LogP contribution in [0.3, 0.4) is 0 Å². The summed E-state index contributed by atoms with van der Waals surface area (Å²) in [5.74, 6) is -0.329. The molecule has 3 rings (SSSR count). The highest BCUT2D eigenvalue weighted by Gasteiger charge is 2.17. The van der Waals surface area contributed by atoms with Gasteiger partial charge in [-0.15, -0.1) is 0 Å². The lowest BCUT2D eigenvalue weighted by molar-refractivity contribution is 0.0940. The first-order valence-electron chi connectivity index (χ1n) is 9.41. The van der Waals surface area contributed by atoms with E-state index in [0.29, 0.717) is 17.8 Å². The Morgan fingerprint density at radius 1 is 1.00 bits per heavy atom. The molecule has 0 aliphatic rings. The van der Waals surface area contributed by atoms with E-state index in [1.165, 1.54) is 6.26 Å². The number of carbonyl (C=O) groups is 2. The third kappa shape index (κ3) is 5.12. The predicted octanol–water partition coefficient (Wildman–Crippen LogP) is 3.87. The van der Waals surface area contributed by atoms with Crippen molar-refractivity contribution >= 4 is 17.5 Å². The number of amides is 2. The average molecular weight is 391 g/mol. The number of carbonyl (C=O) groups excluding carboxylic acids is 2. The molecule has 150 valence electrons. The van der Waals surface area contributed by atoms with Crippen LogP contribution in [0.5, 0.6) is 0 Å². The molecule has 1 atom stereocenters. The number of hydrogen-bond acceptors (Lipinski definition) is 4. The number of likely N-dealkylation sites (N-methyl/N-ethyl adjacent to an activating group) is 1. The number of anilines is 1. The number of rotatable bonds is 7. The number of furan rings is 1. The molecule has 1 aromatic heterocycles. The van der Waals surface area contributed by atoms with Gasteiger partial charge < -0.3 is 20.0 Å². The van der Waals surface area contributed by atoms with E-state index < -0.39 is 0 Å². The third-order valence-electron chi connectivity index (χ3n) is 4.76. The molecule has 2 amide bonds. The van der Waals surface area contributed by atoms with Crippen LogP contribution in [0.25, 0.3) is 0 Å². The van der Waals surface area contributed by atoms with Gasteiger partial charge in [-0.05, 0) is 56.4 Å². The number of nitrogens with zero attached hydrogens (tertiary/aromatic N) is 1. The van der Waals surface area contributed by atoms with Crippen molar-refractivity contribution in [3.8, 4) is 0 Å². The molecule has 1 unspecified atom stereocenters. The van der Waals surface area contributed by atoms with E-state index in [0.717, 1.165) is 11.1 Å². The summed E-state index contributed by atoms with van der Waals surface area (Å²) in [6.45, 7) is 2.34. The normalized spacial score (nSPS) is 11.9. The predicted molar refractivity (Wildman–Crippen MR) is 113 cm³/mol. The quantitative estimate of drug-likeness (QED) is 0.641. The second-order valence-corrected chi connectivity index (χ2v) is 7.06. The Morgan fingerprint density at radius 3 is 2.41 bits per heavy atom. The van der Waals surface area contributed by atoms with Crippen LogP contribution in [0.15, 0.2) is 71.3 Å². The van der Waals surface area contributed by atoms with E-state index in [2.05, 4.69) is 15.5 Å². The molecular formula is C23H25N3O3. The van der Waals surface area contributed by atoms with Gasteiger partial charge in [-0.1, -0.05) is 36.4 Å². The van der Waals surface area contributed by atoms with Crippen molar-refractivity contribution < 1.29 is 14.0 Å². The summed E-state index contributed by atoms with van der Waals surface area (Å²) in [6.07, 6.45) is 1.44. The van der Waals surface area contributed by atoms with Crippen LogP contribution in [-0.4, -0.2) is 37.4 Å². The summed E-state index contributed by atoms with van der Waals surface area (Å²) in [6, 6.07) is 18.6. The Morgan fingerprint density at radius 2 is 1.76 bits per heavy atom. The molecule has 6 nitrogen and oxygen atoms in total. The molecule has 2 N–H and O–H groups in total. The van der Waals surface area contributed by atoms with Gasteiger partial charge >= 0.3 is 0 Å². The zero-order valence-electron chi connectivity index (χ0n) is 16.8. The Kier molecular flexibility index (Phi) is 6.46. The number of nitrogens with one attached hydrogen (secondary N) is 2. The molecule has 2 aromatic carbocycles. The number of aryl methyl sites for hydroxylation is 1. The van der Waals surface area contributed by atoms with Gasteiger partial charge in [0.05, 0.1) is 12.3 Å². The molecule has 0 spiro atoms. The molecule has 0 radical (unpaired) electrons. The van der Waals surface area contributed by atoms with Crippen molar-refractivity contribution in [1.29, 1.82) is 0 Å². The van der Waals surface area contributed by atoms with Gasteiger partial charge in [0.25, 0.3) is 11.8 Å². The van der Waals surface area contributed by atoms with Gasteiger partial charge in [-0.3, -0.25) is 9.59 Å². The van der Waals surface area contributed by atoms with E-state index in [-0.39, 0.29) is 23.6 Å². The van der Waals surface area contributed by atoms with Crippen LogP contribution >= 0.6 is 0 Å². The van der Waals surface area contributed by atoms with Crippen molar-refractivity contribution in [2.75, 3.05) is 26.0 Å². The standard InChI is InChI=1S/C23H25N3O3/c1-16-11-12-18(14-19(16)25-23(28)21-10-7-13-29-21)22(27)24-15-20(26(2)3)17-8-5-4-6-9-17/h4-14,20H,15H2,1-3H3,(H,24,27)(H,25,28). The van der Waals surface area contributed by atoms with Crippen molar-refractivity contribution in [2.24, 2.45) is 0 Å². The molecule has 0 aliphatic heterocycles. The summed E-state index contributed by atoms with van der Waals surface area (Å²) in [4.78, 5) is 27.0. The Balaban J connectivity index is 1.70. The van der Waals surface area contributed by atoms with Crippen molar-refractivity contribution in [1.82, 2.24) is 10.2 Å². The maximum absolute atomic E-state index is 12.7. The van der Waals surface area contributed by atoms with Crippen LogP contribution in [0.2, 0.25) is 0 Å². The third-order valence-corrected chi connectivity index (χ3v) is 4.76. The van der Waals surface area contributed by atoms with E-state index in [9.17, 15) is 9.59 Å². The fraction of sp³-hybridized carbons (Fsp3) is 0.217. The largest absolute Gasteiger partial charge is 0.459 e. The topological polar surface area (TPSA) is 74.6 Å². The minimum absolute atomic E-state index is 0.0590. The Labute approximate surface area is 170 Å². The summed E-state index contributed by atoms with van der Waals surface area (Å²) in [5.41, 5.74) is 3.05. The molecule has 1 heterocycles. The molecule has 3 aromatic rings. The van der Waals surface area contributed by atoms with Crippen LogP contribution in [0, 0.1) is 6.92 Å². The molecule has 0 fully saturated rings. The first-order valence-corrected chi connectivity index (χ1v) is 9.41. The van der Waals surface area contributed by atoms with Crippen LogP contribution in [0.1, 0.15) is 38.1 Å². The smallest absolute Gasteiger partial charge is 0.291 e. The van der Waals surface area contributed by atoms with E-state index >= 15 is 0 Å². The van der Waals surface area contributed by atoms with Gasteiger partial charge in [0.15, 0.2) is 5.76 Å². The minimum Gasteiger partial charge on any atom is -0.459 e. The van der Waals surface area contributed by atoms with E-state index in [1.54, 1.807) is 24.3 Å². The molecule has 0 saturated carbocycles. The van der Waals surface area contributed by atoms with E-state index in [1.807, 2.05) is 57.4 Å². The van der Waals surface area contributed by atoms with Crippen LogP contribution in [0.4, 0.5) is 5.69 Å². The Bertz CT molecular complexity index is 966. The lowest BCUT2D eigenvalue weighted by Gasteiger charge is -2.25. The lowest BCUT2D eigenvalue weighted by atomic mass is 10.1. The molecular weight excluding hydrogens is 366 g/mol. The second-order valence-electron chi connectivity index (χ2n) is 7.06. The number of benzene rings is 2. The minimum atomic E-state index is -0.354. The SMILES string of the molecule is Cc1ccc(C(=O)NCC(c2ccccc2)N(C)C)cc1NC(=O)c1ccco1. The first-order chi connectivity index (χ1) is 14.0. The Hall–Kier alpha value is -3.38. The zero-order valence-corrected chi connectivity index (χ0v) is 16.8. The molecule has 0 saturated heterocycles. The summed E-state index contributed by atoms with van der Waals surface area (Å²) in [5, 5.41) is 5.79. The fourth-order valence-electron chi connectivity index (χ4n) is 3.05. The summed E-state index contributed by atoms with van der Waals surface area (Å²) in [7, 11) is 3.97. The molecule has 0 aliphatic carbocycles. The monoisotopic (exact) mass is 391 g/mol. The maximum atomic E-state index is 12.7. The molecule has 0 bridgehead atoms. The van der Waals surface area contributed by atoms with Crippen LogP contribution in [-0.2, 0) is 0 Å². The average Bonchev–Trinajstić information content (AvgIpc) is 3.25. The first kappa shape index (κ1) is 20.4. The fourth-order valence-corrected chi connectivity index (χ4v) is 3.05. The van der Waals surface area contributed by atoms with Crippen molar-refractivity contribution in [3.05, 3.63) is 89.4 Å². The lowest BCUT2D eigenvalue weighted by Crippen LogP contribution is -2.34. The van der Waals surface area contributed by atoms with E-state index in [4.69, 9.17) is 4.42 Å². The highest BCUT2D eigenvalue weighted by molar-refractivity contribution is 6.03. The van der Waals surface area contributed by atoms with Gasteiger partial charge in [0.2, 0.25) is 0 Å². The van der Waals surface area contributed by atoms with Gasteiger partial charge in [-0.25, -0.2) is 0 Å². The second kappa shape index (κ2) is 9.21. The molecule has 29 heavy (non-hydrogen) atoms. The van der Waals surface area contributed by atoms with Crippen molar-refractivity contribution in [2.45, 2.75) is 13.0 Å². The molecule has 6 heteroatoms. The summed E-state index contributed by atoms with van der Waals surface area (Å²) >= 11 is 0.